The molecule has 2 rings (SSSR count). The van der Waals surface area contributed by atoms with Gasteiger partial charge in [0, 0.05) is 30.1 Å². The minimum atomic E-state index is -1.62. The van der Waals surface area contributed by atoms with Gasteiger partial charge in [-0.15, -0.1) is 0 Å². The predicted molar refractivity (Wildman–Crippen MR) is 78.0 cm³/mol. The van der Waals surface area contributed by atoms with Crippen LogP contribution in [0.5, 0.6) is 0 Å². The normalized spacial score (nSPS) is 24.5. The van der Waals surface area contributed by atoms with Crippen molar-refractivity contribution < 1.29 is 14.4 Å². The average molecular weight is 283 g/mol. The Morgan fingerprint density at radius 3 is 2.47 bits per heavy atom. The van der Waals surface area contributed by atoms with E-state index in [1.165, 1.54) is 6.07 Å². The second-order valence-electron chi connectivity index (χ2n) is 5.22. The third kappa shape index (κ3) is 4.21. The fraction of sp³-hybridized carbons (Fsp3) is 0.538. The van der Waals surface area contributed by atoms with Crippen LogP contribution in [0.1, 0.15) is 19.4 Å². The van der Waals surface area contributed by atoms with E-state index in [1.54, 1.807) is 6.07 Å². The zero-order valence-electron chi connectivity index (χ0n) is 11.2. The van der Waals surface area contributed by atoms with Gasteiger partial charge in [0.25, 0.3) is 0 Å². The van der Waals surface area contributed by atoms with Crippen molar-refractivity contribution in [2.24, 2.45) is 0 Å². The molecule has 1 aromatic carbocycles. The highest BCUT2D eigenvalue weighted by Crippen LogP contribution is 2.25. The zero-order chi connectivity index (χ0) is 14.0. The highest BCUT2D eigenvalue weighted by Gasteiger charge is 2.22. The number of hydrogen-bond donors (Lipinski definition) is 2. The Kier molecular flexibility index (Phi) is 4.89. The Labute approximate surface area is 118 Å². The molecule has 0 saturated carbocycles. The number of nitrogens with zero attached hydrogens (tertiary/aromatic N) is 1. The first-order valence-electron chi connectivity index (χ1n) is 6.47. The number of benzene rings is 1. The average Bonchev–Trinajstić information content (AvgIpc) is 2.26. The van der Waals surface area contributed by atoms with Crippen LogP contribution in [0.3, 0.4) is 0 Å². The molecule has 0 bridgehead atoms. The molecular weight excluding hydrogens is 264 g/mol. The third-order valence-corrected chi connectivity index (χ3v) is 4.41. The van der Waals surface area contributed by atoms with Gasteiger partial charge in [0.1, 0.15) is 5.82 Å². The molecule has 1 aliphatic heterocycles. The number of halogens is 1. The summed E-state index contributed by atoms with van der Waals surface area (Å²) in [4.78, 5) is 2.29. The Bertz CT molecular complexity index is 437. The maximum absolute atomic E-state index is 13.5. The van der Waals surface area contributed by atoms with Crippen molar-refractivity contribution in [2.75, 3.05) is 13.1 Å². The maximum Gasteiger partial charge on any atom is 0.488 e. The van der Waals surface area contributed by atoms with Gasteiger partial charge in [0.15, 0.2) is 0 Å². The molecule has 0 amide bonds. The van der Waals surface area contributed by atoms with E-state index in [4.69, 9.17) is 10.0 Å². The fourth-order valence-electron chi connectivity index (χ4n) is 2.59. The monoisotopic (exact) mass is 283 g/mol. The summed E-state index contributed by atoms with van der Waals surface area (Å²) in [6.45, 7) is 6.99. The second kappa shape index (κ2) is 6.26. The predicted octanol–water partition coefficient (Wildman–Crippen LogP) is 0.831. The van der Waals surface area contributed by atoms with E-state index in [9.17, 15) is 4.39 Å². The molecule has 2 N–H and O–H groups in total. The van der Waals surface area contributed by atoms with Gasteiger partial charge in [-0.3, -0.25) is 4.90 Å². The largest absolute Gasteiger partial charge is 0.488 e. The molecule has 3 nitrogen and oxygen atoms in total. The van der Waals surface area contributed by atoms with E-state index in [0.29, 0.717) is 17.0 Å². The van der Waals surface area contributed by atoms with Crippen molar-refractivity contribution in [3.05, 3.63) is 29.6 Å². The molecule has 1 heterocycles. The Hall–Kier alpha value is -0.555. The van der Waals surface area contributed by atoms with Crippen LogP contribution in [0.25, 0.3) is 0 Å². The first-order chi connectivity index (χ1) is 8.94. The Balaban J connectivity index is 2.10. The molecule has 0 radical (unpaired) electrons. The number of hydrogen-bond acceptors (Lipinski definition) is 4. The number of thioether (sulfide) groups is 1. The molecule has 1 fully saturated rings. The first kappa shape index (κ1) is 14.8. The lowest BCUT2D eigenvalue weighted by atomic mass is 9.79. The summed E-state index contributed by atoms with van der Waals surface area (Å²) in [6, 6.07) is 4.28. The zero-order valence-corrected chi connectivity index (χ0v) is 12.0. The van der Waals surface area contributed by atoms with E-state index in [1.807, 2.05) is 11.8 Å². The van der Waals surface area contributed by atoms with Crippen LogP contribution in [0, 0.1) is 5.82 Å². The smallest absolute Gasteiger partial charge is 0.423 e. The SMILES string of the molecule is CC1CN(Cc2cc(F)cc(B(O)O)c2)CC(C)S1. The summed E-state index contributed by atoms with van der Waals surface area (Å²) >= 11 is 1.97. The van der Waals surface area contributed by atoms with Gasteiger partial charge < -0.3 is 10.0 Å². The minimum absolute atomic E-state index is 0.211. The summed E-state index contributed by atoms with van der Waals surface area (Å²) < 4.78 is 13.5. The Morgan fingerprint density at radius 1 is 1.26 bits per heavy atom. The molecule has 6 heteroatoms. The molecule has 19 heavy (non-hydrogen) atoms. The fourth-order valence-corrected chi connectivity index (χ4v) is 3.97. The molecule has 2 atom stereocenters. The van der Waals surface area contributed by atoms with Gasteiger partial charge in [-0.1, -0.05) is 19.9 Å². The number of rotatable bonds is 3. The highest BCUT2D eigenvalue weighted by atomic mass is 32.2. The minimum Gasteiger partial charge on any atom is -0.423 e. The maximum atomic E-state index is 13.5. The summed E-state index contributed by atoms with van der Waals surface area (Å²) in [5.41, 5.74) is 0.997. The molecular formula is C13H19BFNO2S. The van der Waals surface area contributed by atoms with Crippen LogP contribution in [0.15, 0.2) is 18.2 Å². The van der Waals surface area contributed by atoms with Crippen LogP contribution >= 0.6 is 11.8 Å². The van der Waals surface area contributed by atoms with Crippen molar-refractivity contribution in [1.29, 1.82) is 0 Å². The summed E-state index contributed by atoms with van der Waals surface area (Å²) in [5, 5.41) is 19.4. The van der Waals surface area contributed by atoms with Crippen LogP contribution in [-0.2, 0) is 6.54 Å². The van der Waals surface area contributed by atoms with E-state index >= 15 is 0 Å². The second-order valence-corrected chi connectivity index (χ2v) is 7.10. The third-order valence-electron chi connectivity index (χ3n) is 3.18. The lowest BCUT2D eigenvalue weighted by Crippen LogP contribution is -2.40. The molecule has 1 aromatic rings. The topological polar surface area (TPSA) is 43.7 Å². The quantitative estimate of drug-likeness (QED) is 0.807. The first-order valence-corrected chi connectivity index (χ1v) is 7.41. The summed E-state index contributed by atoms with van der Waals surface area (Å²) in [7, 11) is -1.62. The van der Waals surface area contributed by atoms with Crippen molar-refractivity contribution in [2.45, 2.75) is 30.9 Å². The van der Waals surface area contributed by atoms with Gasteiger partial charge in [-0.25, -0.2) is 4.39 Å². The molecule has 0 spiro atoms. The van der Waals surface area contributed by atoms with Crippen molar-refractivity contribution in [3.63, 3.8) is 0 Å². The van der Waals surface area contributed by atoms with Gasteiger partial charge in [0.2, 0.25) is 0 Å². The van der Waals surface area contributed by atoms with Crippen molar-refractivity contribution >= 4 is 24.3 Å². The van der Waals surface area contributed by atoms with Gasteiger partial charge in [-0.2, -0.15) is 11.8 Å². The highest BCUT2D eigenvalue weighted by molar-refractivity contribution is 8.00. The van der Waals surface area contributed by atoms with Crippen molar-refractivity contribution in [3.8, 4) is 0 Å². The van der Waals surface area contributed by atoms with E-state index < -0.39 is 12.9 Å². The lowest BCUT2D eigenvalue weighted by molar-refractivity contribution is 0.262. The lowest BCUT2D eigenvalue weighted by Gasteiger charge is -2.34. The van der Waals surface area contributed by atoms with E-state index in [-0.39, 0.29) is 5.46 Å². The van der Waals surface area contributed by atoms with E-state index in [2.05, 4.69) is 18.7 Å². The van der Waals surface area contributed by atoms with Crippen LogP contribution in [-0.4, -0.2) is 45.7 Å². The molecule has 2 unspecified atom stereocenters. The molecule has 0 aromatic heterocycles. The van der Waals surface area contributed by atoms with Crippen molar-refractivity contribution in [1.82, 2.24) is 4.90 Å². The summed E-state index contributed by atoms with van der Waals surface area (Å²) in [6.07, 6.45) is 0. The summed E-state index contributed by atoms with van der Waals surface area (Å²) in [5.74, 6) is -0.423. The van der Waals surface area contributed by atoms with Gasteiger partial charge in [-0.05, 0) is 23.2 Å². The Morgan fingerprint density at radius 2 is 1.89 bits per heavy atom. The molecule has 0 aliphatic carbocycles. The van der Waals surface area contributed by atoms with Crippen LogP contribution < -0.4 is 5.46 Å². The standard InChI is InChI=1S/C13H19BFNO2S/c1-9-6-16(7-10(2)19-9)8-11-3-12(14(17)18)5-13(15)4-11/h3-5,9-10,17-18H,6-8H2,1-2H3. The van der Waals surface area contributed by atoms with Crippen LogP contribution in [0.2, 0.25) is 0 Å². The molecule has 1 aliphatic rings. The molecule has 1 saturated heterocycles. The van der Waals surface area contributed by atoms with E-state index in [0.717, 1.165) is 24.7 Å². The van der Waals surface area contributed by atoms with Gasteiger partial charge >= 0.3 is 7.12 Å². The molecule has 104 valence electrons. The van der Waals surface area contributed by atoms with Crippen LogP contribution in [0.4, 0.5) is 4.39 Å². The van der Waals surface area contributed by atoms with Gasteiger partial charge in [0.05, 0.1) is 0 Å².